The number of nitrogens with one attached hydrogen (secondary N) is 1. The van der Waals surface area contributed by atoms with Crippen molar-refractivity contribution in [2.45, 2.75) is 11.9 Å². The summed E-state index contributed by atoms with van der Waals surface area (Å²) in [5.74, 6) is 0.240. The molecule has 1 aromatic heterocycles. The Labute approximate surface area is 155 Å². The Hall–Kier alpha value is -2.93. The minimum atomic E-state index is -0.489. The highest BCUT2D eigenvalue weighted by Gasteiger charge is 2.15. The number of methoxy groups -OCH3 is 1. The molecular formula is C19H17N3O3S. The third-order valence-electron chi connectivity index (χ3n) is 3.62. The second-order valence-electron chi connectivity index (χ2n) is 5.46. The predicted octanol–water partition coefficient (Wildman–Crippen LogP) is 3.00. The smallest absolute Gasteiger partial charge is 0.261 e. The van der Waals surface area contributed by atoms with Crippen LogP contribution in [0.3, 0.4) is 0 Å². The summed E-state index contributed by atoms with van der Waals surface area (Å²) in [4.78, 5) is 33.2. The van der Waals surface area contributed by atoms with Crippen LogP contribution in [-0.2, 0) is 4.79 Å². The Morgan fingerprint density at radius 1 is 1.08 bits per heavy atom. The maximum atomic E-state index is 12.3. The SMILES string of the molecule is COc1ccccc1C(=O)NC(=O)CSc1nc(C)nc2ccccc12. The first kappa shape index (κ1) is 17.9. The molecule has 7 heteroatoms. The van der Waals surface area contributed by atoms with Crippen LogP contribution in [0.25, 0.3) is 10.9 Å². The van der Waals surface area contributed by atoms with Crippen LogP contribution in [0.15, 0.2) is 53.6 Å². The van der Waals surface area contributed by atoms with E-state index in [9.17, 15) is 9.59 Å². The van der Waals surface area contributed by atoms with E-state index in [4.69, 9.17) is 4.74 Å². The first-order valence-corrected chi connectivity index (χ1v) is 8.90. The van der Waals surface area contributed by atoms with E-state index in [1.807, 2.05) is 31.2 Å². The monoisotopic (exact) mass is 367 g/mol. The molecule has 0 bridgehead atoms. The van der Waals surface area contributed by atoms with Gasteiger partial charge in [-0.15, -0.1) is 0 Å². The summed E-state index contributed by atoms with van der Waals surface area (Å²) >= 11 is 1.27. The lowest BCUT2D eigenvalue weighted by molar-refractivity contribution is -0.117. The molecule has 0 atom stereocenters. The Morgan fingerprint density at radius 2 is 1.81 bits per heavy atom. The van der Waals surface area contributed by atoms with E-state index in [2.05, 4.69) is 15.3 Å². The Balaban J connectivity index is 1.69. The third kappa shape index (κ3) is 4.00. The normalized spacial score (nSPS) is 10.5. The van der Waals surface area contributed by atoms with E-state index < -0.39 is 11.8 Å². The quantitative estimate of drug-likeness (QED) is 0.551. The first-order valence-electron chi connectivity index (χ1n) is 7.92. The molecule has 3 aromatic rings. The molecule has 1 N–H and O–H groups in total. The van der Waals surface area contributed by atoms with Gasteiger partial charge in [0.05, 0.1) is 23.9 Å². The number of fused-ring (bicyclic) bond motifs is 1. The van der Waals surface area contributed by atoms with Gasteiger partial charge in [0, 0.05) is 5.39 Å². The Kier molecular flexibility index (Phi) is 5.48. The highest BCUT2D eigenvalue weighted by molar-refractivity contribution is 8.00. The second-order valence-corrected chi connectivity index (χ2v) is 6.42. The Bertz CT molecular complexity index is 975. The molecule has 26 heavy (non-hydrogen) atoms. The zero-order valence-corrected chi connectivity index (χ0v) is 15.2. The lowest BCUT2D eigenvalue weighted by Crippen LogP contribution is -2.32. The zero-order valence-electron chi connectivity index (χ0n) is 14.4. The number of hydrogen-bond acceptors (Lipinski definition) is 6. The van der Waals surface area contributed by atoms with Gasteiger partial charge < -0.3 is 4.74 Å². The standard InChI is InChI=1S/C19H17N3O3S/c1-12-20-15-9-5-3-7-13(15)19(21-12)26-11-17(23)22-18(24)14-8-4-6-10-16(14)25-2/h3-10H,11H2,1-2H3,(H,22,23,24). The molecular weight excluding hydrogens is 350 g/mol. The summed E-state index contributed by atoms with van der Waals surface area (Å²) in [5, 5.41) is 3.98. The van der Waals surface area contributed by atoms with Crippen molar-refractivity contribution < 1.29 is 14.3 Å². The molecule has 1 heterocycles. The lowest BCUT2D eigenvalue weighted by atomic mass is 10.2. The number of rotatable bonds is 5. The van der Waals surface area contributed by atoms with E-state index in [0.29, 0.717) is 22.2 Å². The molecule has 0 spiro atoms. The van der Waals surface area contributed by atoms with Crippen LogP contribution in [0.2, 0.25) is 0 Å². The van der Waals surface area contributed by atoms with Crippen molar-refractivity contribution in [3.05, 3.63) is 59.9 Å². The fourth-order valence-electron chi connectivity index (χ4n) is 2.46. The zero-order chi connectivity index (χ0) is 18.5. The van der Waals surface area contributed by atoms with E-state index in [1.54, 1.807) is 24.3 Å². The molecule has 0 radical (unpaired) electrons. The van der Waals surface area contributed by atoms with Gasteiger partial charge in [-0.2, -0.15) is 0 Å². The molecule has 0 unspecified atom stereocenters. The summed E-state index contributed by atoms with van der Waals surface area (Å²) in [6.07, 6.45) is 0. The second kappa shape index (κ2) is 7.97. The number of carbonyl (C=O) groups excluding carboxylic acids is 2. The van der Waals surface area contributed by atoms with Crippen molar-refractivity contribution in [2.75, 3.05) is 12.9 Å². The number of benzene rings is 2. The molecule has 0 saturated heterocycles. The van der Waals surface area contributed by atoms with E-state index >= 15 is 0 Å². The van der Waals surface area contributed by atoms with Gasteiger partial charge in [0.1, 0.15) is 16.6 Å². The number of aryl methyl sites for hydroxylation is 1. The molecule has 0 aliphatic carbocycles. The maximum absolute atomic E-state index is 12.3. The minimum Gasteiger partial charge on any atom is -0.496 e. The van der Waals surface area contributed by atoms with Crippen LogP contribution in [0.1, 0.15) is 16.2 Å². The molecule has 0 aliphatic heterocycles. The van der Waals surface area contributed by atoms with Crippen molar-refractivity contribution in [2.24, 2.45) is 0 Å². The molecule has 132 valence electrons. The van der Waals surface area contributed by atoms with Gasteiger partial charge in [-0.25, -0.2) is 9.97 Å². The van der Waals surface area contributed by atoms with Crippen LogP contribution in [0.5, 0.6) is 5.75 Å². The molecule has 2 aromatic carbocycles. The first-order chi connectivity index (χ1) is 12.6. The molecule has 2 amide bonds. The lowest BCUT2D eigenvalue weighted by Gasteiger charge is -2.09. The summed E-state index contributed by atoms with van der Waals surface area (Å²) < 4.78 is 5.14. The summed E-state index contributed by atoms with van der Waals surface area (Å²) in [7, 11) is 1.48. The fraction of sp³-hybridized carbons (Fsp3) is 0.158. The topological polar surface area (TPSA) is 81.2 Å². The van der Waals surface area contributed by atoms with Crippen molar-refractivity contribution in [1.29, 1.82) is 0 Å². The summed E-state index contributed by atoms with van der Waals surface area (Å²) in [6.45, 7) is 1.81. The number of imide groups is 1. The van der Waals surface area contributed by atoms with Crippen LogP contribution >= 0.6 is 11.8 Å². The number of carbonyl (C=O) groups is 2. The van der Waals surface area contributed by atoms with Gasteiger partial charge in [-0.3, -0.25) is 14.9 Å². The van der Waals surface area contributed by atoms with E-state index in [-0.39, 0.29) is 5.75 Å². The molecule has 3 rings (SSSR count). The average Bonchev–Trinajstić information content (AvgIpc) is 2.65. The van der Waals surface area contributed by atoms with E-state index in [1.165, 1.54) is 18.9 Å². The highest BCUT2D eigenvalue weighted by Crippen LogP contribution is 2.25. The van der Waals surface area contributed by atoms with Gasteiger partial charge in [-0.05, 0) is 25.1 Å². The van der Waals surface area contributed by atoms with Gasteiger partial charge in [-0.1, -0.05) is 42.1 Å². The van der Waals surface area contributed by atoms with Crippen LogP contribution in [0, 0.1) is 6.92 Å². The molecule has 0 aliphatic rings. The number of aromatic nitrogens is 2. The average molecular weight is 367 g/mol. The number of hydrogen-bond donors (Lipinski definition) is 1. The van der Waals surface area contributed by atoms with Gasteiger partial charge >= 0.3 is 0 Å². The number of ether oxygens (including phenoxy) is 1. The fourth-order valence-corrected chi connectivity index (χ4v) is 3.33. The minimum absolute atomic E-state index is 0.0708. The van der Waals surface area contributed by atoms with Gasteiger partial charge in [0.2, 0.25) is 5.91 Å². The number of thioether (sulfide) groups is 1. The Morgan fingerprint density at radius 3 is 2.62 bits per heavy atom. The molecule has 6 nitrogen and oxygen atoms in total. The number of para-hydroxylation sites is 2. The molecule has 0 fully saturated rings. The summed E-state index contributed by atoms with van der Waals surface area (Å²) in [6, 6.07) is 14.4. The van der Waals surface area contributed by atoms with Crippen molar-refractivity contribution in [1.82, 2.24) is 15.3 Å². The van der Waals surface area contributed by atoms with Crippen LogP contribution < -0.4 is 10.1 Å². The highest BCUT2D eigenvalue weighted by atomic mass is 32.2. The van der Waals surface area contributed by atoms with Crippen molar-refractivity contribution >= 4 is 34.5 Å². The largest absolute Gasteiger partial charge is 0.496 e. The van der Waals surface area contributed by atoms with Crippen molar-refractivity contribution in [3.8, 4) is 5.75 Å². The molecule has 0 saturated carbocycles. The van der Waals surface area contributed by atoms with Crippen LogP contribution in [-0.4, -0.2) is 34.6 Å². The van der Waals surface area contributed by atoms with Crippen molar-refractivity contribution in [3.63, 3.8) is 0 Å². The van der Waals surface area contributed by atoms with Crippen LogP contribution in [0.4, 0.5) is 0 Å². The predicted molar refractivity (Wildman–Crippen MR) is 100 cm³/mol. The van der Waals surface area contributed by atoms with Gasteiger partial charge in [0.25, 0.3) is 5.91 Å². The number of amides is 2. The maximum Gasteiger partial charge on any atom is 0.261 e. The number of nitrogens with zero attached hydrogens (tertiary/aromatic N) is 2. The third-order valence-corrected chi connectivity index (χ3v) is 4.62. The van der Waals surface area contributed by atoms with E-state index in [0.717, 1.165) is 10.9 Å². The van der Waals surface area contributed by atoms with Gasteiger partial charge in [0.15, 0.2) is 0 Å². The summed E-state index contributed by atoms with van der Waals surface area (Å²) in [5.41, 5.74) is 1.14.